The van der Waals surface area contributed by atoms with Crippen LogP contribution < -0.4 is 11.2 Å². The van der Waals surface area contributed by atoms with Crippen molar-refractivity contribution >= 4 is 28.3 Å². The van der Waals surface area contributed by atoms with Gasteiger partial charge >= 0.3 is 5.69 Å². The van der Waals surface area contributed by atoms with Crippen LogP contribution in [-0.4, -0.2) is 43.0 Å². The number of aromatic amines is 1. The number of carbonyl (C=O) groups excluding carboxylic acids is 1. The molecule has 1 aliphatic heterocycles. The summed E-state index contributed by atoms with van der Waals surface area (Å²) in [5.74, 6) is -0.0586. The highest BCUT2D eigenvalue weighted by Gasteiger charge is 2.29. The van der Waals surface area contributed by atoms with Crippen molar-refractivity contribution in [3.05, 3.63) is 55.7 Å². The molecule has 0 spiro atoms. The molecule has 0 saturated carbocycles. The van der Waals surface area contributed by atoms with E-state index >= 15 is 0 Å². The summed E-state index contributed by atoms with van der Waals surface area (Å²) in [5.41, 5.74) is 0.621. The van der Waals surface area contributed by atoms with Gasteiger partial charge in [-0.3, -0.25) is 14.2 Å². The Morgan fingerprint density at radius 1 is 1.25 bits per heavy atom. The summed E-state index contributed by atoms with van der Waals surface area (Å²) in [6, 6.07) is 6.78. The quantitative estimate of drug-likeness (QED) is 0.723. The highest BCUT2D eigenvalue weighted by Crippen LogP contribution is 2.23. The van der Waals surface area contributed by atoms with E-state index in [-0.39, 0.29) is 17.5 Å². The van der Waals surface area contributed by atoms with E-state index in [0.717, 1.165) is 30.1 Å². The van der Waals surface area contributed by atoms with Crippen LogP contribution >= 0.6 is 11.5 Å². The van der Waals surface area contributed by atoms with Crippen LogP contribution in [0.4, 0.5) is 0 Å². The predicted molar refractivity (Wildman–Crippen MR) is 107 cm³/mol. The van der Waals surface area contributed by atoms with Crippen molar-refractivity contribution in [2.24, 2.45) is 0 Å². The fourth-order valence-corrected chi connectivity index (χ4v) is 4.43. The van der Waals surface area contributed by atoms with E-state index in [1.165, 1.54) is 4.57 Å². The van der Waals surface area contributed by atoms with Gasteiger partial charge in [-0.2, -0.15) is 0 Å². The summed E-state index contributed by atoms with van der Waals surface area (Å²) in [4.78, 5) is 43.3. The number of hydrogen-bond donors (Lipinski definition) is 1. The molecule has 0 aliphatic carbocycles. The maximum absolute atomic E-state index is 12.8. The fraction of sp³-hybridized carbons (Fsp3) is 0.421. The molecule has 1 fully saturated rings. The zero-order valence-electron chi connectivity index (χ0n) is 15.6. The van der Waals surface area contributed by atoms with Gasteiger partial charge in [0.1, 0.15) is 4.88 Å². The van der Waals surface area contributed by atoms with Crippen molar-refractivity contribution in [3.8, 4) is 0 Å². The van der Waals surface area contributed by atoms with Crippen molar-refractivity contribution < 1.29 is 4.79 Å². The predicted octanol–water partition coefficient (Wildman–Crippen LogP) is 1.97. The summed E-state index contributed by atoms with van der Waals surface area (Å²) in [6.45, 7) is 3.02. The lowest BCUT2D eigenvalue weighted by atomic mass is 10.0. The summed E-state index contributed by atoms with van der Waals surface area (Å²) >= 11 is 1.13. The number of H-pyrrole nitrogens is 1. The minimum absolute atomic E-state index is 0.0586. The zero-order chi connectivity index (χ0) is 19.7. The molecule has 1 aliphatic rings. The lowest BCUT2D eigenvalue weighted by Crippen LogP contribution is -2.45. The molecule has 146 valence electrons. The Balaban J connectivity index is 1.54. The highest BCUT2D eigenvalue weighted by molar-refractivity contribution is 7.08. The molecule has 0 radical (unpaired) electrons. The van der Waals surface area contributed by atoms with Crippen LogP contribution in [0.5, 0.6) is 0 Å². The van der Waals surface area contributed by atoms with Gasteiger partial charge < -0.3 is 9.88 Å². The molecule has 8 nitrogen and oxygen atoms in total. The van der Waals surface area contributed by atoms with Gasteiger partial charge in [0.25, 0.3) is 11.5 Å². The Kier molecular flexibility index (Phi) is 5.08. The molecule has 28 heavy (non-hydrogen) atoms. The topological polar surface area (TPSA) is 101 Å². The number of carbonyl (C=O) groups is 1. The fourth-order valence-electron chi connectivity index (χ4n) is 3.75. The van der Waals surface area contributed by atoms with Gasteiger partial charge in [0.2, 0.25) is 0 Å². The van der Waals surface area contributed by atoms with Crippen LogP contribution in [0, 0.1) is 0 Å². The zero-order valence-corrected chi connectivity index (χ0v) is 16.4. The number of aryl methyl sites for hydroxylation is 1. The van der Waals surface area contributed by atoms with Gasteiger partial charge in [0.05, 0.1) is 16.6 Å². The van der Waals surface area contributed by atoms with Crippen molar-refractivity contribution in [3.63, 3.8) is 0 Å². The minimum atomic E-state index is -0.398. The van der Waals surface area contributed by atoms with Crippen LogP contribution in [0.25, 0.3) is 10.9 Å². The largest absolute Gasteiger partial charge is 0.338 e. The summed E-state index contributed by atoms with van der Waals surface area (Å²) in [6.07, 6.45) is 2.75. The van der Waals surface area contributed by atoms with Gasteiger partial charge in [-0.05, 0) is 42.9 Å². The molecule has 4 rings (SSSR count). The number of nitrogens with zero attached hydrogens (tertiary/aromatic N) is 4. The van der Waals surface area contributed by atoms with E-state index in [4.69, 9.17) is 0 Å². The average molecular weight is 399 g/mol. The maximum Gasteiger partial charge on any atom is 0.329 e. The van der Waals surface area contributed by atoms with Crippen molar-refractivity contribution in [1.29, 1.82) is 0 Å². The van der Waals surface area contributed by atoms with E-state index < -0.39 is 5.69 Å². The first-order valence-electron chi connectivity index (χ1n) is 9.44. The number of nitrogens with one attached hydrogen (secondary N) is 1. The molecule has 2 aromatic heterocycles. The molecule has 1 N–H and O–H groups in total. The Morgan fingerprint density at radius 3 is 2.75 bits per heavy atom. The SMILES string of the molecule is CCCc1nnsc1C(=O)N1CCC(n2c(=O)[nH]c3ccccc3c2=O)CC1. The normalized spacial score (nSPS) is 15.2. The first-order valence-corrected chi connectivity index (χ1v) is 10.2. The smallest absolute Gasteiger partial charge is 0.329 e. The highest BCUT2D eigenvalue weighted by atomic mass is 32.1. The number of benzene rings is 1. The Labute approximate surface area is 165 Å². The van der Waals surface area contributed by atoms with Gasteiger partial charge in [0.15, 0.2) is 0 Å². The minimum Gasteiger partial charge on any atom is -0.338 e. The van der Waals surface area contributed by atoms with E-state index in [9.17, 15) is 14.4 Å². The van der Waals surface area contributed by atoms with Crippen molar-refractivity contribution in [2.45, 2.75) is 38.6 Å². The van der Waals surface area contributed by atoms with Crippen LogP contribution in [-0.2, 0) is 6.42 Å². The van der Waals surface area contributed by atoms with Crippen LogP contribution in [0.1, 0.15) is 47.6 Å². The molecule has 1 amide bonds. The lowest BCUT2D eigenvalue weighted by molar-refractivity contribution is 0.0695. The molecular formula is C19H21N5O3S. The Hall–Kier alpha value is -2.81. The Morgan fingerprint density at radius 2 is 2.00 bits per heavy atom. The second kappa shape index (κ2) is 7.67. The number of likely N-dealkylation sites (tertiary alicyclic amines) is 1. The van der Waals surface area contributed by atoms with Crippen molar-refractivity contribution in [2.75, 3.05) is 13.1 Å². The molecular weight excluding hydrogens is 378 g/mol. The van der Waals surface area contributed by atoms with Gasteiger partial charge in [-0.15, -0.1) is 5.10 Å². The standard InChI is InChI=1S/C19H21N5O3S/c1-2-5-15-16(28-22-21-15)18(26)23-10-8-12(9-11-23)24-17(25)13-6-3-4-7-14(13)20-19(24)27/h3-4,6-7,12H,2,5,8-11H2,1H3,(H,20,27). The second-order valence-electron chi connectivity index (χ2n) is 6.97. The molecule has 3 heterocycles. The first-order chi connectivity index (χ1) is 13.6. The van der Waals surface area contributed by atoms with Crippen LogP contribution in [0.2, 0.25) is 0 Å². The molecule has 0 atom stereocenters. The molecule has 0 unspecified atom stereocenters. The molecule has 0 bridgehead atoms. The second-order valence-corrected chi connectivity index (χ2v) is 7.73. The van der Waals surface area contributed by atoms with E-state index in [2.05, 4.69) is 14.6 Å². The number of amides is 1. The van der Waals surface area contributed by atoms with Gasteiger partial charge in [-0.25, -0.2) is 4.79 Å². The van der Waals surface area contributed by atoms with Crippen LogP contribution in [0.15, 0.2) is 33.9 Å². The summed E-state index contributed by atoms with van der Waals surface area (Å²) in [7, 11) is 0. The third-order valence-corrected chi connectivity index (χ3v) is 5.95. The molecule has 3 aromatic rings. The van der Waals surface area contributed by atoms with E-state index in [1.807, 2.05) is 6.92 Å². The van der Waals surface area contributed by atoms with E-state index in [1.54, 1.807) is 29.2 Å². The molecule has 9 heteroatoms. The number of piperidine rings is 1. The lowest BCUT2D eigenvalue weighted by Gasteiger charge is -2.32. The van der Waals surface area contributed by atoms with Gasteiger partial charge in [-0.1, -0.05) is 30.0 Å². The number of para-hydroxylation sites is 1. The van der Waals surface area contributed by atoms with E-state index in [0.29, 0.717) is 41.7 Å². The Bertz CT molecular complexity index is 1120. The van der Waals surface area contributed by atoms with Gasteiger partial charge in [0, 0.05) is 19.1 Å². The van der Waals surface area contributed by atoms with Crippen LogP contribution in [0.3, 0.4) is 0 Å². The average Bonchev–Trinajstić information content (AvgIpc) is 3.16. The molecule has 1 aromatic carbocycles. The number of aromatic nitrogens is 4. The third kappa shape index (κ3) is 3.26. The van der Waals surface area contributed by atoms with Crippen molar-refractivity contribution in [1.82, 2.24) is 24.0 Å². The number of hydrogen-bond acceptors (Lipinski definition) is 6. The monoisotopic (exact) mass is 399 g/mol. The summed E-state index contributed by atoms with van der Waals surface area (Å²) in [5, 5.41) is 4.57. The third-order valence-electron chi connectivity index (χ3n) is 5.19. The molecule has 1 saturated heterocycles. The maximum atomic E-state index is 12.8. The summed E-state index contributed by atoms with van der Waals surface area (Å²) < 4.78 is 5.23. The number of rotatable bonds is 4. The number of fused-ring (bicyclic) bond motifs is 1. The first kappa shape index (κ1) is 18.5.